The predicted octanol–water partition coefficient (Wildman–Crippen LogP) is 2.47. The fourth-order valence-corrected chi connectivity index (χ4v) is 4.76. The van der Waals surface area contributed by atoms with Crippen LogP contribution < -0.4 is 10.2 Å². The van der Waals surface area contributed by atoms with E-state index in [1.807, 2.05) is 19.1 Å². The van der Waals surface area contributed by atoms with Gasteiger partial charge >= 0.3 is 5.97 Å². The summed E-state index contributed by atoms with van der Waals surface area (Å²) in [6.45, 7) is 3.72. The molecule has 30 heavy (non-hydrogen) atoms. The highest BCUT2D eigenvalue weighted by Gasteiger charge is 2.68. The summed E-state index contributed by atoms with van der Waals surface area (Å²) in [5.74, 6) is -2.87. The molecule has 4 atom stereocenters. The predicted molar refractivity (Wildman–Crippen MR) is 110 cm³/mol. The lowest BCUT2D eigenvalue weighted by atomic mass is 9.78. The van der Waals surface area contributed by atoms with Crippen LogP contribution in [-0.4, -0.2) is 35.5 Å². The van der Waals surface area contributed by atoms with Crippen LogP contribution in [0.15, 0.2) is 48.5 Å². The third kappa shape index (κ3) is 2.81. The van der Waals surface area contributed by atoms with Crippen molar-refractivity contribution < 1.29 is 24.2 Å². The summed E-state index contributed by atoms with van der Waals surface area (Å²) in [6.07, 6.45) is 0.288. The van der Waals surface area contributed by atoms with Gasteiger partial charge in [0.2, 0.25) is 11.8 Å². The van der Waals surface area contributed by atoms with Crippen molar-refractivity contribution in [2.24, 2.45) is 11.8 Å². The first-order valence-corrected chi connectivity index (χ1v) is 9.93. The molecule has 0 bridgehead atoms. The van der Waals surface area contributed by atoms with Gasteiger partial charge in [-0.1, -0.05) is 36.8 Å². The van der Waals surface area contributed by atoms with E-state index < -0.39 is 35.3 Å². The Labute approximate surface area is 174 Å². The molecular formula is C23H24N2O5. The number of ether oxygens (including phenoxy) is 1. The minimum atomic E-state index is -1.31. The first-order valence-electron chi connectivity index (χ1n) is 9.93. The van der Waals surface area contributed by atoms with Crippen LogP contribution in [0.2, 0.25) is 0 Å². The highest BCUT2D eigenvalue weighted by molar-refractivity contribution is 6.24. The number of nitrogens with one attached hydrogen (secondary N) is 1. The van der Waals surface area contributed by atoms with Crippen molar-refractivity contribution in [2.45, 2.75) is 31.8 Å². The third-order valence-electron chi connectivity index (χ3n) is 6.31. The number of fused-ring (bicyclic) bond motifs is 1. The number of amides is 2. The minimum Gasteiger partial charge on any atom is -0.508 e. The summed E-state index contributed by atoms with van der Waals surface area (Å²) in [7, 11) is 1.28. The zero-order valence-corrected chi connectivity index (χ0v) is 17.1. The maximum absolute atomic E-state index is 13.5. The molecule has 7 nitrogen and oxygen atoms in total. The van der Waals surface area contributed by atoms with Gasteiger partial charge in [0, 0.05) is 6.04 Å². The van der Waals surface area contributed by atoms with E-state index in [2.05, 4.69) is 5.32 Å². The van der Waals surface area contributed by atoms with Crippen molar-refractivity contribution in [3.8, 4) is 5.75 Å². The number of hydrogen-bond acceptors (Lipinski definition) is 6. The van der Waals surface area contributed by atoms with Gasteiger partial charge in [-0.15, -0.1) is 0 Å². The highest BCUT2D eigenvalue weighted by atomic mass is 16.5. The molecule has 2 aliphatic rings. The summed E-state index contributed by atoms with van der Waals surface area (Å²) in [4.78, 5) is 41.1. The quantitative estimate of drug-likeness (QED) is 0.596. The van der Waals surface area contributed by atoms with Gasteiger partial charge in [0.05, 0.1) is 24.6 Å². The fourth-order valence-electron chi connectivity index (χ4n) is 4.76. The van der Waals surface area contributed by atoms with Crippen molar-refractivity contribution in [3.05, 3.63) is 59.7 Å². The van der Waals surface area contributed by atoms with Gasteiger partial charge in [-0.3, -0.25) is 19.7 Å². The van der Waals surface area contributed by atoms with Gasteiger partial charge in [0.25, 0.3) is 0 Å². The van der Waals surface area contributed by atoms with Crippen molar-refractivity contribution in [3.63, 3.8) is 0 Å². The number of imide groups is 1. The lowest BCUT2D eigenvalue weighted by Crippen LogP contribution is -2.55. The van der Waals surface area contributed by atoms with Gasteiger partial charge in [0.1, 0.15) is 11.3 Å². The molecule has 0 radical (unpaired) electrons. The molecule has 2 aromatic rings. The van der Waals surface area contributed by atoms with Crippen LogP contribution in [-0.2, 0) is 19.1 Å². The molecule has 2 aliphatic heterocycles. The molecule has 7 heteroatoms. The van der Waals surface area contributed by atoms with Gasteiger partial charge in [-0.05, 0) is 43.2 Å². The van der Waals surface area contributed by atoms with Crippen LogP contribution in [0.5, 0.6) is 5.75 Å². The normalized spacial score (nSPS) is 28.0. The first-order chi connectivity index (χ1) is 14.3. The van der Waals surface area contributed by atoms with Crippen LogP contribution in [0.3, 0.4) is 0 Å². The van der Waals surface area contributed by atoms with Crippen LogP contribution >= 0.6 is 0 Å². The van der Waals surface area contributed by atoms with Crippen LogP contribution in [0.1, 0.15) is 30.5 Å². The van der Waals surface area contributed by atoms with Crippen molar-refractivity contribution in [1.82, 2.24) is 5.32 Å². The number of phenols is 1. The number of aromatic hydroxyl groups is 1. The lowest BCUT2D eigenvalue weighted by molar-refractivity contribution is -0.152. The molecular weight excluding hydrogens is 384 g/mol. The molecule has 0 saturated carbocycles. The summed E-state index contributed by atoms with van der Waals surface area (Å²) < 4.78 is 5.06. The molecule has 0 unspecified atom stereocenters. The molecule has 2 fully saturated rings. The van der Waals surface area contributed by atoms with Crippen LogP contribution in [0, 0.1) is 18.8 Å². The molecule has 0 aromatic heterocycles. The third-order valence-corrected chi connectivity index (χ3v) is 6.31. The number of anilines is 1. The zero-order valence-electron chi connectivity index (χ0n) is 17.1. The average molecular weight is 408 g/mol. The maximum atomic E-state index is 13.5. The molecule has 2 N–H and O–H groups in total. The van der Waals surface area contributed by atoms with Gasteiger partial charge < -0.3 is 9.84 Å². The molecule has 156 valence electrons. The van der Waals surface area contributed by atoms with Crippen LogP contribution in [0.4, 0.5) is 5.69 Å². The van der Waals surface area contributed by atoms with E-state index in [1.165, 1.54) is 24.1 Å². The number of hydrogen-bond donors (Lipinski definition) is 2. The van der Waals surface area contributed by atoms with Gasteiger partial charge in [-0.25, -0.2) is 4.90 Å². The van der Waals surface area contributed by atoms with E-state index in [1.54, 1.807) is 31.2 Å². The molecule has 0 aliphatic carbocycles. The fraction of sp³-hybridized carbons (Fsp3) is 0.348. The van der Waals surface area contributed by atoms with E-state index in [9.17, 15) is 19.5 Å². The van der Waals surface area contributed by atoms with E-state index >= 15 is 0 Å². The summed E-state index contributed by atoms with van der Waals surface area (Å²) in [5.41, 5.74) is 0.908. The van der Waals surface area contributed by atoms with E-state index in [0.29, 0.717) is 11.3 Å². The van der Waals surface area contributed by atoms with Crippen molar-refractivity contribution >= 4 is 23.5 Å². The Hall–Kier alpha value is -3.19. The topological polar surface area (TPSA) is 95.9 Å². The Morgan fingerprint density at radius 3 is 2.30 bits per heavy atom. The number of esters is 1. The Balaban J connectivity index is 1.84. The summed E-state index contributed by atoms with van der Waals surface area (Å²) in [6, 6.07) is 13.0. The zero-order chi connectivity index (χ0) is 21.6. The number of methoxy groups -OCH3 is 1. The smallest absolute Gasteiger partial charge is 0.326 e. The molecule has 2 heterocycles. The number of benzene rings is 2. The molecule has 0 spiro atoms. The second-order valence-corrected chi connectivity index (χ2v) is 7.88. The highest BCUT2D eigenvalue weighted by Crippen LogP contribution is 2.51. The molecule has 2 saturated heterocycles. The number of carbonyl (C=O) groups excluding carboxylic acids is 3. The van der Waals surface area contributed by atoms with E-state index in [-0.39, 0.29) is 18.1 Å². The Bertz CT molecular complexity index is 1000. The van der Waals surface area contributed by atoms with Crippen molar-refractivity contribution in [2.75, 3.05) is 12.0 Å². The largest absolute Gasteiger partial charge is 0.508 e. The van der Waals surface area contributed by atoms with Crippen LogP contribution in [0.25, 0.3) is 0 Å². The molecule has 2 amide bonds. The second-order valence-electron chi connectivity index (χ2n) is 7.88. The van der Waals surface area contributed by atoms with Gasteiger partial charge in [0.15, 0.2) is 0 Å². The lowest BCUT2D eigenvalue weighted by Gasteiger charge is -2.31. The molecule has 2 aromatic carbocycles. The standard InChI is InChI=1S/C23H24N2O5/c1-4-23(22(29)30-3)18-17(19(24-23)14-7-11-16(26)12-8-14)20(27)25(21(18)28)15-9-5-13(2)6-10-15/h5-12,17-19,24,26H,4H2,1-3H3/t17-,18+,19-,23+/m0/s1. The minimum absolute atomic E-state index is 0.0955. The SMILES string of the molecule is CC[C@@]1(C(=O)OC)N[C@@H](c2ccc(O)cc2)[C@H]2C(=O)N(c3ccc(C)cc3)C(=O)[C@@H]21. The number of nitrogens with zero attached hydrogens (tertiary/aromatic N) is 1. The Morgan fingerprint density at radius 2 is 1.73 bits per heavy atom. The van der Waals surface area contributed by atoms with Crippen molar-refractivity contribution in [1.29, 1.82) is 0 Å². The molecule has 4 rings (SSSR count). The first kappa shape index (κ1) is 20.1. The number of rotatable bonds is 4. The summed E-state index contributed by atoms with van der Waals surface area (Å²) in [5, 5.41) is 12.9. The number of phenolic OH excluding ortho intramolecular Hbond substituents is 1. The number of carbonyl (C=O) groups is 3. The number of aryl methyl sites for hydroxylation is 1. The maximum Gasteiger partial charge on any atom is 0.326 e. The summed E-state index contributed by atoms with van der Waals surface area (Å²) >= 11 is 0. The van der Waals surface area contributed by atoms with E-state index in [4.69, 9.17) is 4.74 Å². The monoisotopic (exact) mass is 408 g/mol. The Morgan fingerprint density at radius 1 is 1.10 bits per heavy atom. The second kappa shape index (κ2) is 7.25. The van der Waals surface area contributed by atoms with E-state index in [0.717, 1.165) is 5.56 Å². The van der Waals surface area contributed by atoms with Gasteiger partial charge in [-0.2, -0.15) is 0 Å². The average Bonchev–Trinajstić information content (AvgIpc) is 3.23. The Kier molecular flexibility index (Phi) is 4.86.